The van der Waals surface area contributed by atoms with Crippen molar-refractivity contribution in [2.45, 2.75) is 19.1 Å². The van der Waals surface area contributed by atoms with Crippen LogP contribution in [0.25, 0.3) is 0 Å². The maximum absolute atomic E-state index is 5.74. The molecule has 0 unspecified atom stereocenters. The third-order valence-electron chi connectivity index (χ3n) is 4.59. The third-order valence-corrected chi connectivity index (χ3v) is 4.96. The summed E-state index contributed by atoms with van der Waals surface area (Å²) in [6, 6.07) is 18.8. The summed E-state index contributed by atoms with van der Waals surface area (Å²) in [5.74, 6) is 0. The summed E-state index contributed by atoms with van der Waals surface area (Å²) in [5.41, 5.74) is 3.64. The molecule has 1 aromatic carbocycles. The van der Waals surface area contributed by atoms with Crippen molar-refractivity contribution in [3.63, 3.8) is 0 Å². The topological polar surface area (TPSA) is 33.1 Å². The van der Waals surface area contributed by atoms with E-state index >= 15 is 0 Å². The van der Waals surface area contributed by atoms with Gasteiger partial charge in [-0.05, 0) is 41.5 Å². The molecule has 1 atom stereocenters. The van der Waals surface area contributed by atoms with Crippen molar-refractivity contribution in [3.05, 3.63) is 90.0 Å². The van der Waals surface area contributed by atoms with E-state index in [2.05, 4.69) is 56.3 Å². The van der Waals surface area contributed by atoms with Gasteiger partial charge in [0.25, 0.3) is 0 Å². The molecular weight excluding hydrogens is 328 g/mol. The average molecular weight is 348 g/mol. The lowest BCUT2D eigenvalue weighted by molar-refractivity contribution is 0.285. The molecule has 126 valence electrons. The Morgan fingerprint density at radius 3 is 2.76 bits per heavy atom. The molecule has 0 fully saturated rings. The van der Waals surface area contributed by atoms with Gasteiger partial charge in [0, 0.05) is 43.9 Å². The molecular formula is C20H20N4S. The Morgan fingerprint density at radius 1 is 1.08 bits per heavy atom. The first-order valence-corrected chi connectivity index (χ1v) is 8.87. The molecule has 0 amide bonds. The van der Waals surface area contributed by atoms with Crippen LogP contribution in [0.2, 0.25) is 0 Å². The Labute approximate surface area is 153 Å². The largest absolute Gasteiger partial charge is 0.358 e. The highest BCUT2D eigenvalue weighted by Crippen LogP contribution is 2.31. The molecule has 0 aliphatic carbocycles. The second-order valence-corrected chi connectivity index (χ2v) is 6.54. The minimum absolute atomic E-state index is 0.0909. The van der Waals surface area contributed by atoms with Crippen molar-refractivity contribution in [2.75, 3.05) is 6.54 Å². The number of nitrogens with one attached hydrogen (secondary N) is 1. The number of hydrogen-bond donors (Lipinski definition) is 1. The first-order chi connectivity index (χ1) is 12.3. The van der Waals surface area contributed by atoms with Crippen LogP contribution in [0, 0.1) is 0 Å². The maximum atomic E-state index is 5.74. The van der Waals surface area contributed by atoms with Crippen LogP contribution in [0.1, 0.15) is 22.9 Å². The molecule has 3 aromatic rings. The number of benzene rings is 1. The molecule has 0 bridgehead atoms. The summed E-state index contributed by atoms with van der Waals surface area (Å²) in [4.78, 5) is 6.57. The quantitative estimate of drug-likeness (QED) is 0.736. The summed E-state index contributed by atoms with van der Waals surface area (Å²) in [7, 11) is 0. The Kier molecular flexibility index (Phi) is 4.48. The summed E-state index contributed by atoms with van der Waals surface area (Å²) >= 11 is 5.74. The van der Waals surface area contributed by atoms with Crippen LogP contribution in [0.15, 0.2) is 73.2 Å². The van der Waals surface area contributed by atoms with E-state index in [4.69, 9.17) is 12.2 Å². The minimum atomic E-state index is 0.0909. The number of rotatable bonds is 3. The molecule has 5 heteroatoms. The fraction of sp³-hybridized carbons (Fsp3) is 0.200. The zero-order valence-corrected chi connectivity index (χ0v) is 14.7. The molecule has 0 saturated carbocycles. The SMILES string of the molecule is S=C(NCc1ccccc1)N1CCn2cccc2[C@H]1c1cccnc1. The summed E-state index contributed by atoms with van der Waals surface area (Å²) in [6.07, 6.45) is 5.87. The van der Waals surface area contributed by atoms with Crippen molar-refractivity contribution in [3.8, 4) is 0 Å². The Balaban J connectivity index is 1.58. The summed E-state index contributed by atoms with van der Waals surface area (Å²) in [6.45, 7) is 2.55. The highest BCUT2D eigenvalue weighted by molar-refractivity contribution is 7.80. The molecule has 0 saturated heterocycles. The van der Waals surface area contributed by atoms with Gasteiger partial charge in [-0.15, -0.1) is 0 Å². The van der Waals surface area contributed by atoms with Gasteiger partial charge in [-0.1, -0.05) is 36.4 Å². The van der Waals surface area contributed by atoms with Crippen LogP contribution in [-0.2, 0) is 13.1 Å². The third kappa shape index (κ3) is 3.28. The van der Waals surface area contributed by atoms with Crippen molar-refractivity contribution in [1.29, 1.82) is 0 Å². The van der Waals surface area contributed by atoms with Gasteiger partial charge in [0.15, 0.2) is 5.11 Å². The number of aromatic nitrogens is 2. The van der Waals surface area contributed by atoms with E-state index < -0.39 is 0 Å². The molecule has 1 aliphatic rings. The smallest absolute Gasteiger partial charge is 0.170 e. The van der Waals surface area contributed by atoms with E-state index in [-0.39, 0.29) is 6.04 Å². The standard InChI is InChI=1S/C20H20N4S/c25-20(22-14-16-6-2-1-3-7-16)24-13-12-23-11-5-9-18(23)19(24)17-8-4-10-21-15-17/h1-11,15,19H,12-14H2,(H,22,25)/t19-/m1/s1. The van der Waals surface area contributed by atoms with E-state index in [9.17, 15) is 0 Å². The predicted octanol–water partition coefficient (Wildman–Crippen LogP) is 3.36. The van der Waals surface area contributed by atoms with Crippen LogP contribution < -0.4 is 5.32 Å². The Hall–Kier alpha value is -2.66. The van der Waals surface area contributed by atoms with Gasteiger partial charge in [0.2, 0.25) is 0 Å². The molecule has 4 nitrogen and oxygen atoms in total. The molecule has 3 heterocycles. The highest BCUT2D eigenvalue weighted by atomic mass is 32.1. The van der Waals surface area contributed by atoms with Crippen LogP contribution in [0.4, 0.5) is 0 Å². The van der Waals surface area contributed by atoms with E-state index in [1.54, 1.807) is 0 Å². The molecule has 1 aliphatic heterocycles. The lowest BCUT2D eigenvalue weighted by atomic mass is 10.0. The molecule has 25 heavy (non-hydrogen) atoms. The normalized spacial score (nSPS) is 16.3. The van der Waals surface area contributed by atoms with E-state index in [1.165, 1.54) is 11.3 Å². The van der Waals surface area contributed by atoms with Gasteiger partial charge in [-0.3, -0.25) is 4.98 Å². The van der Waals surface area contributed by atoms with Crippen LogP contribution in [0.3, 0.4) is 0 Å². The maximum Gasteiger partial charge on any atom is 0.170 e. The molecule has 0 radical (unpaired) electrons. The van der Waals surface area contributed by atoms with Gasteiger partial charge in [0.1, 0.15) is 0 Å². The first-order valence-electron chi connectivity index (χ1n) is 8.46. The second kappa shape index (κ2) is 7.07. The zero-order chi connectivity index (χ0) is 17.1. The number of nitrogens with zero attached hydrogens (tertiary/aromatic N) is 3. The van der Waals surface area contributed by atoms with E-state index in [0.717, 1.165) is 30.3 Å². The van der Waals surface area contributed by atoms with Crippen LogP contribution in [0.5, 0.6) is 0 Å². The monoisotopic (exact) mass is 348 g/mol. The zero-order valence-electron chi connectivity index (χ0n) is 13.9. The number of hydrogen-bond acceptors (Lipinski definition) is 2. The summed E-state index contributed by atoms with van der Waals surface area (Å²) < 4.78 is 2.30. The van der Waals surface area contributed by atoms with Gasteiger partial charge in [-0.2, -0.15) is 0 Å². The predicted molar refractivity (Wildman–Crippen MR) is 103 cm³/mol. The van der Waals surface area contributed by atoms with Crippen LogP contribution >= 0.6 is 12.2 Å². The lowest BCUT2D eigenvalue weighted by Gasteiger charge is -2.39. The van der Waals surface area contributed by atoms with E-state index in [1.807, 2.05) is 36.7 Å². The van der Waals surface area contributed by atoms with Crippen molar-refractivity contribution >= 4 is 17.3 Å². The summed E-state index contributed by atoms with van der Waals surface area (Å²) in [5, 5.41) is 4.20. The molecule has 2 aromatic heterocycles. The van der Waals surface area contributed by atoms with Crippen molar-refractivity contribution in [2.24, 2.45) is 0 Å². The van der Waals surface area contributed by atoms with Gasteiger partial charge in [-0.25, -0.2) is 0 Å². The molecule has 1 N–H and O–H groups in total. The second-order valence-electron chi connectivity index (χ2n) is 6.15. The van der Waals surface area contributed by atoms with Gasteiger partial charge >= 0.3 is 0 Å². The lowest BCUT2D eigenvalue weighted by Crippen LogP contribution is -2.46. The average Bonchev–Trinajstić information content (AvgIpc) is 3.15. The number of thiocarbonyl (C=S) groups is 1. The Bertz CT molecular complexity index is 844. The van der Waals surface area contributed by atoms with Crippen LogP contribution in [-0.4, -0.2) is 26.1 Å². The highest BCUT2D eigenvalue weighted by Gasteiger charge is 2.30. The number of pyridine rings is 1. The molecule has 0 spiro atoms. The van der Waals surface area contributed by atoms with Gasteiger partial charge < -0.3 is 14.8 Å². The fourth-order valence-electron chi connectivity index (χ4n) is 3.37. The van der Waals surface area contributed by atoms with Crippen molar-refractivity contribution < 1.29 is 0 Å². The first kappa shape index (κ1) is 15.8. The number of fused-ring (bicyclic) bond motifs is 1. The fourth-order valence-corrected chi connectivity index (χ4v) is 3.63. The minimum Gasteiger partial charge on any atom is -0.358 e. The Morgan fingerprint density at radius 2 is 1.96 bits per heavy atom. The van der Waals surface area contributed by atoms with Crippen molar-refractivity contribution in [1.82, 2.24) is 19.8 Å². The molecule has 4 rings (SSSR count). The van der Waals surface area contributed by atoms with Gasteiger partial charge in [0.05, 0.1) is 6.04 Å². The van der Waals surface area contributed by atoms with E-state index in [0.29, 0.717) is 0 Å².